The van der Waals surface area contributed by atoms with Crippen molar-refractivity contribution in [2.24, 2.45) is 0 Å². The van der Waals surface area contributed by atoms with Gasteiger partial charge in [-0.1, -0.05) is 0 Å². The van der Waals surface area contributed by atoms with Gasteiger partial charge in [0.15, 0.2) is 0 Å². The third kappa shape index (κ3) is 4.15. The van der Waals surface area contributed by atoms with Crippen LogP contribution in [0.3, 0.4) is 0 Å². The van der Waals surface area contributed by atoms with Gasteiger partial charge in [0, 0.05) is 13.1 Å². The van der Waals surface area contributed by atoms with Crippen molar-refractivity contribution in [3.8, 4) is 0 Å². The van der Waals surface area contributed by atoms with Crippen molar-refractivity contribution in [3.05, 3.63) is 0 Å². The van der Waals surface area contributed by atoms with Gasteiger partial charge in [-0.3, -0.25) is 9.69 Å². The average Bonchev–Trinajstić information content (AvgIpc) is 2.26. The topological polar surface area (TPSA) is 70.0 Å². The van der Waals surface area contributed by atoms with Crippen molar-refractivity contribution in [3.63, 3.8) is 0 Å². The van der Waals surface area contributed by atoms with Gasteiger partial charge in [-0.25, -0.2) is 0 Å². The van der Waals surface area contributed by atoms with Crippen LogP contribution in [0.2, 0.25) is 0 Å². The number of hydrogen-bond donors (Lipinski definition) is 2. The Morgan fingerprint density at radius 2 is 1.80 bits per heavy atom. The molecule has 0 aliphatic carbocycles. The zero-order valence-electron chi connectivity index (χ0n) is 9.43. The van der Waals surface area contributed by atoms with Crippen molar-refractivity contribution in [2.45, 2.75) is 38.6 Å². The molecular formula is C10H19NO4. The molecule has 88 valence electrons. The summed E-state index contributed by atoms with van der Waals surface area (Å²) in [6.45, 7) is 6.17. The third-order valence-corrected chi connectivity index (χ3v) is 2.11. The van der Waals surface area contributed by atoms with Crippen LogP contribution in [0.5, 0.6) is 0 Å². The molecule has 0 aromatic rings. The third-order valence-electron chi connectivity index (χ3n) is 2.11. The lowest BCUT2D eigenvalue weighted by atomic mass is 10.2. The lowest BCUT2D eigenvalue weighted by Crippen LogP contribution is -2.34. The molecule has 0 amide bonds. The lowest BCUT2D eigenvalue weighted by Gasteiger charge is -2.21. The second-order valence-corrected chi connectivity index (χ2v) is 4.92. The van der Waals surface area contributed by atoms with Crippen LogP contribution < -0.4 is 0 Å². The molecule has 5 heteroatoms. The maximum atomic E-state index is 11.4. The molecule has 1 heterocycles. The molecule has 2 unspecified atom stereocenters. The van der Waals surface area contributed by atoms with Gasteiger partial charge in [0.2, 0.25) is 0 Å². The first-order valence-corrected chi connectivity index (χ1v) is 5.08. The monoisotopic (exact) mass is 217 g/mol. The molecular weight excluding hydrogens is 198 g/mol. The van der Waals surface area contributed by atoms with E-state index in [0.717, 1.165) is 0 Å². The van der Waals surface area contributed by atoms with E-state index in [1.165, 1.54) is 0 Å². The van der Waals surface area contributed by atoms with Gasteiger partial charge in [0.25, 0.3) is 0 Å². The number of β-amino-alcohol motifs (C(OH)–C–C–N with tert-alkyl or cyclic N) is 2. The van der Waals surface area contributed by atoms with Gasteiger partial charge in [-0.2, -0.15) is 0 Å². The van der Waals surface area contributed by atoms with Crippen LogP contribution in [-0.2, 0) is 9.53 Å². The second-order valence-electron chi connectivity index (χ2n) is 4.92. The molecule has 0 aromatic heterocycles. The Labute approximate surface area is 89.6 Å². The number of aliphatic hydroxyl groups excluding tert-OH is 2. The highest BCUT2D eigenvalue weighted by atomic mass is 16.6. The number of carbonyl (C=O) groups is 1. The Bertz CT molecular complexity index is 226. The smallest absolute Gasteiger partial charge is 0.320 e. The normalized spacial score (nSPS) is 28.1. The predicted octanol–water partition coefficient (Wildman–Crippen LogP) is -0.635. The molecule has 1 aliphatic rings. The number of hydrogen-bond acceptors (Lipinski definition) is 5. The highest BCUT2D eigenvalue weighted by Gasteiger charge is 2.31. The average molecular weight is 217 g/mol. The van der Waals surface area contributed by atoms with E-state index in [1.807, 2.05) is 0 Å². The van der Waals surface area contributed by atoms with Gasteiger partial charge in [-0.15, -0.1) is 0 Å². The van der Waals surface area contributed by atoms with E-state index in [1.54, 1.807) is 25.7 Å². The number of esters is 1. The number of carbonyl (C=O) groups excluding carboxylic acids is 1. The first-order chi connectivity index (χ1) is 6.78. The molecule has 0 saturated carbocycles. The van der Waals surface area contributed by atoms with Crippen molar-refractivity contribution in [1.29, 1.82) is 0 Å². The largest absolute Gasteiger partial charge is 0.459 e. The standard InChI is InChI=1S/C10H19NO4/c1-10(2,3)15-9(14)6-11-4-7(12)8(13)5-11/h7-8,12-13H,4-6H2,1-3H3. The van der Waals surface area contributed by atoms with Crippen molar-refractivity contribution < 1.29 is 19.7 Å². The predicted molar refractivity (Wildman–Crippen MR) is 54.3 cm³/mol. The number of nitrogens with zero attached hydrogens (tertiary/aromatic N) is 1. The minimum atomic E-state index is -0.757. The van der Waals surface area contributed by atoms with Gasteiger partial charge >= 0.3 is 5.97 Å². The van der Waals surface area contributed by atoms with Gasteiger partial charge < -0.3 is 14.9 Å². The molecule has 0 aromatic carbocycles. The van der Waals surface area contributed by atoms with E-state index in [0.29, 0.717) is 13.1 Å². The highest BCUT2D eigenvalue weighted by Crippen LogP contribution is 2.12. The minimum Gasteiger partial charge on any atom is -0.459 e. The molecule has 1 fully saturated rings. The van der Waals surface area contributed by atoms with Gasteiger partial charge in [0.1, 0.15) is 5.60 Å². The summed E-state index contributed by atoms with van der Waals surface area (Å²) >= 11 is 0. The summed E-state index contributed by atoms with van der Waals surface area (Å²) in [4.78, 5) is 13.1. The van der Waals surface area contributed by atoms with Crippen LogP contribution in [0.15, 0.2) is 0 Å². The fourth-order valence-electron chi connectivity index (χ4n) is 1.53. The fourth-order valence-corrected chi connectivity index (χ4v) is 1.53. The number of aliphatic hydroxyl groups is 2. The summed E-state index contributed by atoms with van der Waals surface area (Å²) in [5.41, 5.74) is -0.492. The summed E-state index contributed by atoms with van der Waals surface area (Å²) in [6.07, 6.45) is -1.51. The van der Waals surface area contributed by atoms with Crippen LogP contribution in [0.4, 0.5) is 0 Å². The maximum absolute atomic E-state index is 11.4. The maximum Gasteiger partial charge on any atom is 0.320 e. The van der Waals surface area contributed by atoms with Crippen LogP contribution in [0, 0.1) is 0 Å². The van der Waals surface area contributed by atoms with E-state index in [4.69, 9.17) is 4.74 Å². The zero-order valence-corrected chi connectivity index (χ0v) is 9.43. The van der Waals surface area contributed by atoms with E-state index >= 15 is 0 Å². The molecule has 1 rings (SSSR count). The number of likely N-dealkylation sites (tertiary alicyclic amines) is 1. The van der Waals surface area contributed by atoms with Gasteiger partial charge in [-0.05, 0) is 20.8 Å². The Morgan fingerprint density at radius 1 is 1.33 bits per heavy atom. The zero-order chi connectivity index (χ0) is 11.6. The Kier molecular flexibility index (Phi) is 3.70. The molecule has 5 nitrogen and oxygen atoms in total. The van der Waals surface area contributed by atoms with Crippen LogP contribution >= 0.6 is 0 Å². The summed E-state index contributed by atoms with van der Waals surface area (Å²) in [5, 5.41) is 18.5. The Hall–Kier alpha value is -0.650. The van der Waals surface area contributed by atoms with E-state index in [9.17, 15) is 15.0 Å². The summed E-state index contributed by atoms with van der Waals surface area (Å²) in [5.74, 6) is -0.330. The van der Waals surface area contributed by atoms with Gasteiger partial charge in [0.05, 0.1) is 18.8 Å². The SMILES string of the molecule is CC(C)(C)OC(=O)CN1CC(O)C(O)C1. The van der Waals surface area contributed by atoms with Crippen molar-refractivity contribution >= 4 is 5.97 Å². The van der Waals surface area contributed by atoms with Crippen molar-refractivity contribution in [1.82, 2.24) is 4.90 Å². The summed E-state index contributed by atoms with van der Waals surface area (Å²) < 4.78 is 5.13. The van der Waals surface area contributed by atoms with E-state index in [2.05, 4.69) is 0 Å². The van der Waals surface area contributed by atoms with Crippen LogP contribution in [0.25, 0.3) is 0 Å². The molecule has 0 bridgehead atoms. The quantitative estimate of drug-likeness (QED) is 0.602. The summed E-state index contributed by atoms with van der Waals surface area (Å²) in [6, 6.07) is 0. The van der Waals surface area contributed by atoms with Crippen LogP contribution in [-0.4, -0.2) is 58.5 Å². The minimum absolute atomic E-state index is 0.116. The lowest BCUT2D eigenvalue weighted by molar-refractivity contribution is -0.155. The molecule has 1 aliphatic heterocycles. The first kappa shape index (κ1) is 12.4. The van der Waals surface area contributed by atoms with Crippen molar-refractivity contribution in [2.75, 3.05) is 19.6 Å². The fraction of sp³-hybridized carbons (Fsp3) is 0.900. The second kappa shape index (κ2) is 4.47. The number of rotatable bonds is 2. The highest BCUT2D eigenvalue weighted by molar-refractivity contribution is 5.72. The molecule has 15 heavy (non-hydrogen) atoms. The molecule has 2 atom stereocenters. The van der Waals surface area contributed by atoms with E-state index in [-0.39, 0.29) is 12.5 Å². The molecule has 1 saturated heterocycles. The Balaban J connectivity index is 2.34. The molecule has 0 radical (unpaired) electrons. The van der Waals surface area contributed by atoms with E-state index < -0.39 is 17.8 Å². The summed E-state index contributed by atoms with van der Waals surface area (Å²) in [7, 11) is 0. The molecule has 2 N–H and O–H groups in total. The van der Waals surface area contributed by atoms with Crippen LogP contribution in [0.1, 0.15) is 20.8 Å². The Morgan fingerprint density at radius 3 is 2.20 bits per heavy atom. The molecule has 0 spiro atoms. The first-order valence-electron chi connectivity index (χ1n) is 5.08. The number of ether oxygens (including phenoxy) is 1.